The Morgan fingerprint density at radius 3 is 2.34 bits per heavy atom. The van der Waals surface area contributed by atoms with E-state index in [4.69, 9.17) is 4.99 Å². The van der Waals surface area contributed by atoms with E-state index in [2.05, 4.69) is 201 Å². The van der Waals surface area contributed by atoms with Gasteiger partial charge >= 0.3 is 200 Å². The molecular weight excluding hydrogens is 941 g/mol. The molecule has 62 heavy (non-hydrogen) atoms. The van der Waals surface area contributed by atoms with Crippen molar-refractivity contribution in [2.24, 2.45) is 28.2 Å². The van der Waals surface area contributed by atoms with E-state index in [-0.39, 0.29) is 17.0 Å². The van der Waals surface area contributed by atoms with Gasteiger partial charge < -0.3 is 5.32 Å². The zero-order valence-corrected chi connectivity index (χ0v) is 41.0. The summed E-state index contributed by atoms with van der Waals surface area (Å²) in [7, 11) is 0. The Labute approximate surface area is 383 Å². The van der Waals surface area contributed by atoms with E-state index in [1.807, 2.05) is 0 Å². The van der Waals surface area contributed by atoms with Gasteiger partial charge in [0.1, 0.15) is 0 Å². The van der Waals surface area contributed by atoms with Crippen LogP contribution in [0.25, 0.3) is 43.8 Å². The summed E-state index contributed by atoms with van der Waals surface area (Å²) in [6.45, 7) is 12.1. The van der Waals surface area contributed by atoms with Gasteiger partial charge in [-0.1, -0.05) is 104 Å². The fraction of sp³-hybridized carbons (Fsp3) is 0.237. The van der Waals surface area contributed by atoms with Gasteiger partial charge in [-0.15, -0.1) is 0 Å². The molecule has 2 nitrogen and oxygen atoms in total. The van der Waals surface area contributed by atoms with Crippen LogP contribution in [0.1, 0.15) is 87.9 Å². The number of nitrogens with one attached hydrogen (secondary N) is 1. The van der Waals surface area contributed by atoms with Crippen molar-refractivity contribution in [3.8, 4) is 11.1 Å². The van der Waals surface area contributed by atoms with Gasteiger partial charge in [0.05, 0.1) is 5.71 Å². The monoisotopic (exact) mass is 994 g/mol. The first-order chi connectivity index (χ1) is 30.1. The Balaban J connectivity index is 1.14. The summed E-state index contributed by atoms with van der Waals surface area (Å²) >= 11 is 0.828. The van der Waals surface area contributed by atoms with Crippen LogP contribution in [0.15, 0.2) is 189 Å². The molecule has 6 aliphatic rings. The number of nitrogens with zero attached hydrogens (tertiary/aromatic N) is 1. The van der Waals surface area contributed by atoms with Crippen LogP contribution in [-0.4, -0.2) is 31.5 Å². The molecule has 1 fully saturated rings. The van der Waals surface area contributed by atoms with Gasteiger partial charge in [0.2, 0.25) is 0 Å². The van der Waals surface area contributed by atoms with E-state index in [0.717, 1.165) is 67.6 Å². The third-order valence-electron chi connectivity index (χ3n) is 15.2. The van der Waals surface area contributed by atoms with Crippen molar-refractivity contribution < 1.29 is 0 Å². The molecule has 0 radical (unpaired) electrons. The van der Waals surface area contributed by atoms with Gasteiger partial charge in [-0.3, -0.25) is 4.99 Å². The van der Waals surface area contributed by atoms with E-state index in [9.17, 15) is 0 Å². The van der Waals surface area contributed by atoms with Crippen LogP contribution in [-0.2, 0) is 5.41 Å². The quantitative estimate of drug-likeness (QED) is 0.133. The van der Waals surface area contributed by atoms with Crippen LogP contribution < -0.4 is 5.32 Å². The second kappa shape index (κ2) is 15.2. The number of hydrogen-bond acceptors (Lipinski definition) is 2. The molecule has 1 N–H and O–H groups in total. The number of benzene rings is 5. The summed E-state index contributed by atoms with van der Waals surface area (Å²) in [5.41, 5.74) is 18.4. The molecule has 0 spiro atoms. The van der Waals surface area contributed by atoms with E-state index < -0.39 is 0 Å². The zero-order valence-electron chi connectivity index (χ0n) is 36.5. The fourth-order valence-corrected chi connectivity index (χ4v) is 12.8. The summed E-state index contributed by atoms with van der Waals surface area (Å²) in [6.07, 6.45) is 28.9. The summed E-state index contributed by atoms with van der Waals surface area (Å²) in [4.78, 5) is 5.48. The summed E-state index contributed by atoms with van der Waals surface area (Å²) in [5, 5.41) is 9.14. The SMILES string of the molecule is CC1=C(/C=[CH]\[Tl])C(C)(C)c2cc(-c3c4ccccc4c(C4=CC=C5C6C=CC=CC6C(C)(C)C5C4)c4ccc(C5N=C(c6ccccc6)C=C(C6=CCCC=C6)N5)cc34)ccc21. The summed E-state index contributed by atoms with van der Waals surface area (Å²) in [5.74, 6) is 1.49. The molecule has 5 aromatic carbocycles. The Hall–Kier alpha value is -5.33. The second-order valence-corrected chi connectivity index (χ2v) is 20.8. The molecule has 4 unspecified atom stereocenters. The van der Waals surface area contributed by atoms with Gasteiger partial charge in [-0.25, -0.2) is 0 Å². The average molecular weight is 994 g/mol. The van der Waals surface area contributed by atoms with Crippen molar-refractivity contribution in [3.05, 3.63) is 212 Å². The van der Waals surface area contributed by atoms with Crippen molar-refractivity contribution in [1.29, 1.82) is 0 Å². The van der Waals surface area contributed by atoms with E-state index in [0.29, 0.717) is 17.8 Å². The Kier molecular flexibility index (Phi) is 9.68. The molecule has 0 bridgehead atoms. The van der Waals surface area contributed by atoms with Crippen LogP contribution in [0.4, 0.5) is 0 Å². The first-order valence-electron chi connectivity index (χ1n) is 22.6. The molecule has 4 atom stereocenters. The third-order valence-corrected chi connectivity index (χ3v) is 16.0. The summed E-state index contributed by atoms with van der Waals surface area (Å²) in [6, 6.07) is 34.5. The molecule has 0 aromatic heterocycles. The van der Waals surface area contributed by atoms with Gasteiger partial charge in [-0.05, 0) is 53.7 Å². The Morgan fingerprint density at radius 1 is 0.774 bits per heavy atom. The summed E-state index contributed by atoms with van der Waals surface area (Å²) < 4.78 is 2.35. The van der Waals surface area contributed by atoms with Crippen LogP contribution in [0.2, 0.25) is 0 Å². The van der Waals surface area contributed by atoms with Crippen LogP contribution in [0.3, 0.4) is 0 Å². The van der Waals surface area contributed by atoms with Gasteiger partial charge in [0, 0.05) is 11.6 Å². The first-order valence-corrected chi connectivity index (χ1v) is 25.2. The van der Waals surface area contributed by atoms with Crippen LogP contribution >= 0.6 is 0 Å². The minimum atomic E-state index is -0.254. The minimum absolute atomic E-state index is 0.0797. The third kappa shape index (κ3) is 6.26. The maximum absolute atomic E-state index is 5.48. The van der Waals surface area contributed by atoms with Gasteiger partial charge in [0.25, 0.3) is 0 Å². The topological polar surface area (TPSA) is 24.4 Å². The van der Waals surface area contributed by atoms with E-state index in [1.54, 1.807) is 5.57 Å². The number of allylic oxidation sites excluding steroid dienone is 15. The predicted octanol–water partition coefficient (Wildman–Crippen LogP) is 14.4. The molecule has 1 aliphatic heterocycles. The van der Waals surface area contributed by atoms with Gasteiger partial charge in [-0.2, -0.15) is 0 Å². The van der Waals surface area contributed by atoms with E-state index >= 15 is 0 Å². The standard InChI is InChI=1S/C59H53N2.Tl/c1-7-49-36(2)42-29-26-40(33-51(42)58(49,3)4)56-46-24-15-14-23-45(46)55(39-27-30-44-43-22-16-17-25-50(43)59(5,6)52(44)34-39)47-31-28-41(32-48(47)56)57-60-53(37-18-10-8-11-19-37)35-54(61-57)38-20-12-9-13-21-38;/h1,7-8,10-12,14-33,35,43,50,52,57,61H,9,13,34H2,2-6H3;. The molecule has 1 saturated carbocycles. The van der Waals surface area contributed by atoms with Crippen molar-refractivity contribution in [2.75, 3.05) is 0 Å². The normalized spacial score (nSPS) is 24.3. The molecule has 0 saturated heterocycles. The van der Waals surface area contributed by atoms with Crippen molar-refractivity contribution in [3.63, 3.8) is 0 Å². The fourth-order valence-electron chi connectivity index (χ4n) is 12.0. The maximum atomic E-state index is 5.48. The Bertz CT molecular complexity index is 3040. The molecular formula is C59H53N2Tl. The van der Waals surface area contributed by atoms with Crippen molar-refractivity contribution >= 4 is 64.2 Å². The number of aliphatic imine (C=N–C) groups is 1. The molecule has 0 amide bonds. The molecule has 5 aromatic rings. The van der Waals surface area contributed by atoms with Gasteiger partial charge in [0.15, 0.2) is 0 Å². The second-order valence-electron chi connectivity index (χ2n) is 19.3. The van der Waals surface area contributed by atoms with E-state index in [1.165, 1.54) is 71.7 Å². The molecule has 3 heteroatoms. The molecule has 302 valence electrons. The molecule has 11 rings (SSSR count). The number of fused-ring (bicyclic) bond motifs is 6. The van der Waals surface area contributed by atoms with Crippen LogP contribution in [0, 0.1) is 23.2 Å². The van der Waals surface area contributed by atoms with Crippen LogP contribution in [0.5, 0.6) is 0 Å². The molecule has 5 aliphatic carbocycles. The number of rotatable bonds is 6. The molecule has 1 heterocycles. The van der Waals surface area contributed by atoms with Crippen molar-refractivity contribution in [1.82, 2.24) is 5.32 Å². The van der Waals surface area contributed by atoms with Crippen molar-refractivity contribution in [2.45, 2.75) is 65.5 Å². The first kappa shape index (κ1) is 39.5. The number of hydrogen-bond donors (Lipinski definition) is 1. The zero-order chi connectivity index (χ0) is 42.3. The average Bonchev–Trinajstić information content (AvgIpc) is 3.65. The Morgan fingerprint density at radius 2 is 1.55 bits per heavy atom. The predicted molar refractivity (Wildman–Crippen MR) is 264 cm³/mol.